The van der Waals surface area contributed by atoms with Crippen molar-refractivity contribution in [3.05, 3.63) is 48.1 Å². The summed E-state index contributed by atoms with van der Waals surface area (Å²) >= 11 is 0. The number of rotatable bonds is 3. The van der Waals surface area contributed by atoms with E-state index in [9.17, 15) is 0 Å². The summed E-state index contributed by atoms with van der Waals surface area (Å²) in [5.74, 6) is 0. The minimum absolute atomic E-state index is 0.815. The molecule has 0 saturated heterocycles. The van der Waals surface area contributed by atoms with E-state index in [0.29, 0.717) is 0 Å². The number of allylic oxidation sites excluding steroid dienone is 2. The fourth-order valence-electron chi connectivity index (χ4n) is 1.15. The van der Waals surface area contributed by atoms with Crippen molar-refractivity contribution >= 4 is 11.8 Å². The summed E-state index contributed by atoms with van der Waals surface area (Å²) < 4.78 is 0. The molecule has 1 nitrogen and oxygen atoms in total. The molecule has 1 aromatic carbocycles. The van der Waals surface area contributed by atoms with E-state index >= 15 is 0 Å². The second-order valence-corrected chi connectivity index (χ2v) is 2.91. The van der Waals surface area contributed by atoms with Gasteiger partial charge in [-0.3, -0.25) is 0 Å². The van der Waals surface area contributed by atoms with E-state index < -0.39 is 0 Å². The number of benzene rings is 1. The molecule has 13 heavy (non-hydrogen) atoms. The average molecular weight is 173 g/mol. The van der Waals surface area contributed by atoms with Gasteiger partial charge in [-0.15, -0.1) is 0 Å². The summed E-state index contributed by atoms with van der Waals surface area (Å²) in [6, 6.07) is 7.83. The first-order valence-electron chi connectivity index (χ1n) is 4.45. The van der Waals surface area contributed by atoms with Gasteiger partial charge in [0.15, 0.2) is 0 Å². The Balaban J connectivity index is 3.02. The Morgan fingerprint density at radius 1 is 1.46 bits per heavy atom. The predicted molar refractivity (Wildman–Crippen MR) is 59.3 cm³/mol. The van der Waals surface area contributed by atoms with Gasteiger partial charge in [0.25, 0.3) is 0 Å². The molecule has 68 valence electrons. The molecule has 0 aliphatic heterocycles. The van der Waals surface area contributed by atoms with Crippen LogP contribution in [0, 0.1) is 0 Å². The van der Waals surface area contributed by atoms with E-state index in [2.05, 4.69) is 19.6 Å². The number of hydrogen-bond donors (Lipinski definition) is 1. The molecule has 0 aliphatic rings. The number of nitrogens with two attached hydrogens (primary N) is 1. The van der Waals surface area contributed by atoms with E-state index in [1.165, 1.54) is 5.57 Å². The second-order valence-electron chi connectivity index (χ2n) is 2.91. The minimum Gasteiger partial charge on any atom is -0.398 e. The number of anilines is 1. The van der Waals surface area contributed by atoms with Crippen LogP contribution in [0.15, 0.2) is 42.5 Å². The highest BCUT2D eigenvalue weighted by Crippen LogP contribution is 2.16. The standard InChI is InChI=1S/C12H15N/c1-3-10(4-2)9-11-7-5-6-8-12(11)13/h3,5-9H,1,4,13H2,2H3/b10-9+. The highest BCUT2D eigenvalue weighted by Gasteiger charge is 1.94. The zero-order valence-corrected chi connectivity index (χ0v) is 7.96. The lowest BCUT2D eigenvalue weighted by atomic mass is 10.1. The number of nitrogen functional groups attached to an aromatic ring is 1. The van der Waals surface area contributed by atoms with Crippen molar-refractivity contribution in [3.63, 3.8) is 0 Å². The van der Waals surface area contributed by atoms with E-state index in [-0.39, 0.29) is 0 Å². The summed E-state index contributed by atoms with van der Waals surface area (Å²) in [6.07, 6.45) is 4.92. The minimum atomic E-state index is 0.815. The monoisotopic (exact) mass is 173 g/mol. The first kappa shape index (κ1) is 9.59. The smallest absolute Gasteiger partial charge is 0.0387 e. The van der Waals surface area contributed by atoms with Gasteiger partial charge in [-0.05, 0) is 29.7 Å². The maximum Gasteiger partial charge on any atom is 0.0387 e. The van der Waals surface area contributed by atoms with Crippen LogP contribution < -0.4 is 5.73 Å². The van der Waals surface area contributed by atoms with Crippen LogP contribution >= 0.6 is 0 Å². The quantitative estimate of drug-likeness (QED) is 0.551. The first-order valence-corrected chi connectivity index (χ1v) is 4.45. The van der Waals surface area contributed by atoms with Crippen molar-refractivity contribution in [3.8, 4) is 0 Å². The molecule has 0 radical (unpaired) electrons. The van der Waals surface area contributed by atoms with E-state index in [4.69, 9.17) is 5.73 Å². The Morgan fingerprint density at radius 2 is 2.15 bits per heavy atom. The van der Waals surface area contributed by atoms with Gasteiger partial charge < -0.3 is 5.73 Å². The van der Waals surface area contributed by atoms with Crippen LogP contribution in [-0.2, 0) is 0 Å². The zero-order chi connectivity index (χ0) is 9.68. The molecule has 2 N–H and O–H groups in total. The lowest BCUT2D eigenvalue weighted by molar-refractivity contribution is 1.16. The third-order valence-electron chi connectivity index (χ3n) is 2.01. The highest BCUT2D eigenvalue weighted by molar-refractivity contribution is 5.67. The molecule has 1 rings (SSSR count). The van der Waals surface area contributed by atoms with Crippen LogP contribution in [0.5, 0.6) is 0 Å². The molecule has 0 spiro atoms. The van der Waals surface area contributed by atoms with Gasteiger partial charge in [0.05, 0.1) is 0 Å². The Bertz CT molecular complexity index is 324. The SMILES string of the molecule is C=C/C(=C\c1ccccc1N)CC. The van der Waals surface area contributed by atoms with Crippen molar-refractivity contribution in [1.29, 1.82) is 0 Å². The van der Waals surface area contributed by atoms with Gasteiger partial charge in [0, 0.05) is 5.69 Å². The molecular weight excluding hydrogens is 158 g/mol. The lowest BCUT2D eigenvalue weighted by Crippen LogP contribution is -1.88. The van der Waals surface area contributed by atoms with E-state index in [1.807, 2.05) is 30.3 Å². The Morgan fingerprint density at radius 3 is 2.69 bits per heavy atom. The number of para-hydroxylation sites is 1. The van der Waals surface area contributed by atoms with Crippen LogP contribution in [0.4, 0.5) is 5.69 Å². The van der Waals surface area contributed by atoms with Crippen LogP contribution in [0.3, 0.4) is 0 Å². The molecule has 1 heteroatoms. The predicted octanol–water partition coefficient (Wildman–Crippen LogP) is 3.25. The van der Waals surface area contributed by atoms with E-state index in [0.717, 1.165) is 17.7 Å². The molecule has 0 saturated carbocycles. The fraction of sp³-hybridized carbons (Fsp3) is 0.167. The van der Waals surface area contributed by atoms with Gasteiger partial charge in [0.1, 0.15) is 0 Å². The van der Waals surface area contributed by atoms with Crippen LogP contribution in [0.2, 0.25) is 0 Å². The van der Waals surface area contributed by atoms with Gasteiger partial charge in [-0.25, -0.2) is 0 Å². The largest absolute Gasteiger partial charge is 0.398 e. The van der Waals surface area contributed by atoms with Gasteiger partial charge in [-0.2, -0.15) is 0 Å². The molecule has 0 aliphatic carbocycles. The van der Waals surface area contributed by atoms with Crippen LogP contribution in [0.25, 0.3) is 6.08 Å². The second kappa shape index (κ2) is 4.51. The summed E-state index contributed by atoms with van der Waals surface area (Å²) in [5.41, 5.74) is 8.89. The van der Waals surface area contributed by atoms with Crippen molar-refractivity contribution < 1.29 is 0 Å². The Hall–Kier alpha value is -1.50. The van der Waals surface area contributed by atoms with Crippen LogP contribution in [0.1, 0.15) is 18.9 Å². The van der Waals surface area contributed by atoms with Crippen molar-refractivity contribution in [2.24, 2.45) is 0 Å². The maximum atomic E-state index is 5.80. The summed E-state index contributed by atoms with van der Waals surface area (Å²) in [7, 11) is 0. The summed E-state index contributed by atoms with van der Waals surface area (Å²) in [5, 5.41) is 0. The van der Waals surface area contributed by atoms with Gasteiger partial charge in [0.2, 0.25) is 0 Å². The van der Waals surface area contributed by atoms with Gasteiger partial charge in [-0.1, -0.05) is 37.8 Å². The molecule has 1 aromatic rings. The van der Waals surface area contributed by atoms with E-state index in [1.54, 1.807) is 0 Å². The lowest BCUT2D eigenvalue weighted by Gasteiger charge is -2.01. The van der Waals surface area contributed by atoms with Gasteiger partial charge >= 0.3 is 0 Å². The molecular formula is C12H15N. The summed E-state index contributed by atoms with van der Waals surface area (Å²) in [6.45, 7) is 5.85. The normalized spacial score (nSPS) is 11.3. The fourth-order valence-corrected chi connectivity index (χ4v) is 1.15. The molecule has 0 atom stereocenters. The van der Waals surface area contributed by atoms with Crippen LogP contribution in [-0.4, -0.2) is 0 Å². The van der Waals surface area contributed by atoms with Crippen molar-refractivity contribution in [1.82, 2.24) is 0 Å². The molecule has 0 fully saturated rings. The Labute approximate surface area is 79.6 Å². The molecule has 0 heterocycles. The maximum absolute atomic E-state index is 5.80. The summed E-state index contributed by atoms with van der Waals surface area (Å²) in [4.78, 5) is 0. The zero-order valence-electron chi connectivity index (χ0n) is 7.96. The molecule has 0 unspecified atom stereocenters. The number of hydrogen-bond acceptors (Lipinski definition) is 1. The van der Waals surface area contributed by atoms with Crippen molar-refractivity contribution in [2.75, 3.05) is 5.73 Å². The highest BCUT2D eigenvalue weighted by atomic mass is 14.5. The van der Waals surface area contributed by atoms with Crippen molar-refractivity contribution in [2.45, 2.75) is 13.3 Å². The first-order chi connectivity index (χ1) is 6.27. The third kappa shape index (κ3) is 2.48. The Kier molecular flexibility index (Phi) is 3.32. The molecule has 0 bridgehead atoms. The third-order valence-corrected chi connectivity index (χ3v) is 2.01. The molecule has 0 amide bonds. The topological polar surface area (TPSA) is 26.0 Å². The molecule has 0 aromatic heterocycles. The average Bonchev–Trinajstić information content (AvgIpc) is 2.17.